The number of ether oxygens (including phenoxy) is 3. The van der Waals surface area contributed by atoms with Gasteiger partial charge >= 0.3 is 0 Å². The van der Waals surface area contributed by atoms with Gasteiger partial charge < -0.3 is 24.6 Å². The Morgan fingerprint density at radius 3 is 2.67 bits per heavy atom. The molecule has 0 fully saturated rings. The molecule has 5 nitrogen and oxygen atoms in total. The highest BCUT2D eigenvalue weighted by Crippen LogP contribution is 2.23. The molecule has 0 unspecified atom stereocenters. The SMILES string of the molecule is COc1ccc(OC)c(CNCCOCCO)c1. The van der Waals surface area contributed by atoms with Crippen LogP contribution in [0.25, 0.3) is 0 Å². The lowest BCUT2D eigenvalue weighted by molar-refractivity contribution is 0.0937. The molecule has 0 bridgehead atoms. The minimum absolute atomic E-state index is 0.0592. The molecular weight excluding hydrogens is 234 g/mol. The molecule has 0 spiro atoms. The highest BCUT2D eigenvalue weighted by molar-refractivity contribution is 5.40. The molecule has 0 aromatic heterocycles. The molecule has 0 aliphatic heterocycles. The van der Waals surface area contributed by atoms with E-state index in [4.69, 9.17) is 19.3 Å². The quantitative estimate of drug-likeness (QED) is 0.639. The van der Waals surface area contributed by atoms with Crippen molar-refractivity contribution in [2.75, 3.05) is 40.6 Å². The fraction of sp³-hybridized carbons (Fsp3) is 0.538. The molecule has 1 rings (SSSR count). The Bertz CT molecular complexity index is 344. The van der Waals surface area contributed by atoms with Crippen molar-refractivity contribution in [3.63, 3.8) is 0 Å². The maximum Gasteiger partial charge on any atom is 0.123 e. The van der Waals surface area contributed by atoms with Crippen LogP contribution >= 0.6 is 0 Å². The number of aliphatic hydroxyl groups is 1. The monoisotopic (exact) mass is 255 g/mol. The summed E-state index contributed by atoms with van der Waals surface area (Å²) in [6.45, 7) is 2.42. The molecule has 1 aromatic rings. The van der Waals surface area contributed by atoms with Gasteiger partial charge in [-0.25, -0.2) is 0 Å². The van der Waals surface area contributed by atoms with Gasteiger partial charge in [0.15, 0.2) is 0 Å². The van der Waals surface area contributed by atoms with E-state index in [-0.39, 0.29) is 6.61 Å². The van der Waals surface area contributed by atoms with Crippen molar-refractivity contribution in [1.82, 2.24) is 5.32 Å². The van der Waals surface area contributed by atoms with Crippen molar-refractivity contribution in [3.8, 4) is 11.5 Å². The second-order valence-electron chi connectivity index (χ2n) is 3.69. The summed E-state index contributed by atoms with van der Waals surface area (Å²) in [6.07, 6.45) is 0. The average molecular weight is 255 g/mol. The Hall–Kier alpha value is -1.30. The number of aliphatic hydroxyl groups excluding tert-OH is 1. The molecule has 0 saturated heterocycles. The average Bonchev–Trinajstić information content (AvgIpc) is 2.42. The molecule has 2 N–H and O–H groups in total. The number of methoxy groups -OCH3 is 2. The highest BCUT2D eigenvalue weighted by Gasteiger charge is 2.04. The predicted molar refractivity (Wildman–Crippen MR) is 69.2 cm³/mol. The maximum atomic E-state index is 8.55. The summed E-state index contributed by atoms with van der Waals surface area (Å²) < 4.78 is 15.6. The van der Waals surface area contributed by atoms with Crippen molar-refractivity contribution in [2.45, 2.75) is 6.54 Å². The van der Waals surface area contributed by atoms with E-state index in [0.29, 0.717) is 19.8 Å². The first-order valence-corrected chi connectivity index (χ1v) is 5.92. The molecule has 102 valence electrons. The summed E-state index contributed by atoms with van der Waals surface area (Å²) >= 11 is 0. The molecule has 1 aromatic carbocycles. The lowest BCUT2D eigenvalue weighted by atomic mass is 10.2. The third-order valence-electron chi connectivity index (χ3n) is 2.46. The van der Waals surface area contributed by atoms with Crippen LogP contribution in [0.3, 0.4) is 0 Å². The van der Waals surface area contributed by atoms with Crippen LogP contribution in [0.1, 0.15) is 5.56 Å². The molecule has 0 atom stereocenters. The lowest BCUT2D eigenvalue weighted by Crippen LogP contribution is -2.20. The Kier molecular flexibility index (Phi) is 7.17. The van der Waals surface area contributed by atoms with Gasteiger partial charge in [0, 0.05) is 18.7 Å². The van der Waals surface area contributed by atoms with Crippen molar-refractivity contribution in [1.29, 1.82) is 0 Å². The van der Waals surface area contributed by atoms with Gasteiger partial charge in [-0.05, 0) is 18.2 Å². The van der Waals surface area contributed by atoms with Gasteiger partial charge in [-0.2, -0.15) is 0 Å². The molecule has 0 amide bonds. The minimum Gasteiger partial charge on any atom is -0.497 e. The normalized spacial score (nSPS) is 10.4. The van der Waals surface area contributed by atoms with Gasteiger partial charge in [-0.3, -0.25) is 0 Å². The van der Waals surface area contributed by atoms with E-state index in [9.17, 15) is 0 Å². The van der Waals surface area contributed by atoms with Crippen LogP contribution in [0.15, 0.2) is 18.2 Å². The molecule has 0 radical (unpaired) electrons. The van der Waals surface area contributed by atoms with E-state index < -0.39 is 0 Å². The standard InChI is InChI=1S/C13H21NO4/c1-16-12-3-4-13(17-2)11(9-12)10-14-5-7-18-8-6-15/h3-4,9,14-15H,5-8,10H2,1-2H3. The summed E-state index contributed by atoms with van der Waals surface area (Å²) in [5.41, 5.74) is 1.04. The first kappa shape index (κ1) is 14.8. The fourth-order valence-electron chi connectivity index (χ4n) is 1.55. The van der Waals surface area contributed by atoms with Crippen LogP contribution in [-0.2, 0) is 11.3 Å². The van der Waals surface area contributed by atoms with Gasteiger partial charge in [0.2, 0.25) is 0 Å². The van der Waals surface area contributed by atoms with E-state index in [0.717, 1.165) is 23.6 Å². The Balaban J connectivity index is 2.39. The van der Waals surface area contributed by atoms with Gasteiger partial charge in [-0.1, -0.05) is 0 Å². The minimum atomic E-state index is 0.0592. The first-order chi connectivity index (χ1) is 8.81. The van der Waals surface area contributed by atoms with E-state index in [1.54, 1.807) is 14.2 Å². The van der Waals surface area contributed by atoms with Gasteiger partial charge in [0.25, 0.3) is 0 Å². The fourth-order valence-corrected chi connectivity index (χ4v) is 1.55. The zero-order chi connectivity index (χ0) is 13.2. The second kappa shape index (κ2) is 8.74. The Morgan fingerprint density at radius 2 is 2.00 bits per heavy atom. The summed E-state index contributed by atoms with van der Waals surface area (Å²) in [5, 5.41) is 11.8. The molecule has 0 aliphatic rings. The highest BCUT2D eigenvalue weighted by atomic mass is 16.5. The van der Waals surface area contributed by atoms with E-state index in [2.05, 4.69) is 5.32 Å². The number of nitrogens with one attached hydrogen (secondary N) is 1. The zero-order valence-corrected chi connectivity index (χ0v) is 10.9. The summed E-state index contributed by atoms with van der Waals surface area (Å²) in [7, 11) is 3.29. The van der Waals surface area contributed by atoms with E-state index in [1.807, 2.05) is 18.2 Å². The third kappa shape index (κ3) is 4.91. The smallest absolute Gasteiger partial charge is 0.123 e. The molecule has 18 heavy (non-hydrogen) atoms. The first-order valence-electron chi connectivity index (χ1n) is 5.92. The largest absolute Gasteiger partial charge is 0.497 e. The zero-order valence-electron chi connectivity index (χ0n) is 10.9. The van der Waals surface area contributed by atoms with Crippen molar-refractivity contribution in [3.05, 3.63) is 23.8 Å². The Morgan fingerprint density at radius 1 is 1.17 bits per heavy atom. The van der Waals surface area contributed by atoms with Crippen LogP contribution < -0.4 is 14.8 Å². The van der Waals surface area contributed by atoms with Crippen molar-refractivity contribution < 1.29 is 19.3 Å². The van der Waals surface area contributed by atoms with Gasteiger partial charge in [-0.15, -0.1) is 0 Å². The van der Waals surface area contributed by atoms with Crippen LogP contribution in [0.4, 0.5) is 0 Å². The van der Waals surface area contributed by atoms with E-state index in [1.165, 1.54) is 0 Å². The van der Waals surface area contributed by atoms with Crippen LogP contribution in [0.2, 0.25) is 0 Å². The molecule has 5 heteroatoms. The van der Waals surface area contributed by atoms with E-state index >= 15 is 0 Å². The predicted octanol–water partition coefficient (Wildman–Crippen LogP) is 0.802. The number of rotatable bonds is 9. The molecule has 0 saturated carbocycles. The molecular formula is C13H21NO4. The van der Waals surface area contributed by atoms with Crippen molar-refractivity contribution in [2.24, 2.45) is 0 Å². The topological polar surface area (TPSA) is 60.0 Å². The van der Waals surface area contributed by atoms with Gasteiger partial charge in [0.1, 0.15) is 11.5 Å². The van der Waals surface area contributed by atoms with Crippen molar-refractivity contribution >= 4 is 0 Å². The van der Waals surface area contributed by atoms with Crippen LogP contribution in [0, 0.1) is 0 Å². The van der Waals surface area contributed by atoms with Crippen LogP contribution in [-0.4, -0.2) is 45.7 Å². The summed E-state index contributed by atoms with van der Waals surface area (Å²) in [4.78, 5) is 0. The Labute approximate surface area is 108 Å². The lowest BCUT2D eigenvalue weighted by Gasteiger charge is -2.11. The molecule has 0 heterocycles. The number of hydrogen-bond acceptors (Lipinski definition) is 5. The third-order valence-corrected chi connectivity index (χ3v) is 2.46. The van der Waals surface area contributed by atoms with Gasteiger partial charge in [0.05, 0.1) is 34.0 Å². The summed E-state index contributed by atoms with van der Waals surface area (Å²) in [6, 6.07) is 5.70. The second-order valence-corrected chi connectivity index (χ2v) is 3.69. The van der Waals surface area contributed by atoms with Crippen LogP contribution in [0.5, 0.6) is 11.5 Å². The number of benzene rings is 1. The summed E-state index contributed by atoms with van der Waals surface area (Å²) in [5.74, 6) is 1.64. The molecule has 0 aliphatic carbocycles. The maximum absolute atomic E-state index is 8.55. The number of hydrogen-bond donors (Lipinski definition) is 2.